The highest BCUT2D eigenvalue weighted by Gasteiger charge is 2.22. The van der Waals surface area contributed by atoms with Crippen LogP contribution in [0.15, 0.2) is 48.7 Å². The van der Waals surface area contributed by atoms with E-state index in [1.54, 1.807) is 50.4 Å². The van der Waals surface area contributed by atoms with Crippen molar-refractivity contribution in [2.75, 3.05) is 12.4 Å². The summed E-state index contributed by atoms with van der Waals surface area (Å²) in [6, 6.07) is 11.8. The number of nitrogens with one attached hydrogen (secondary N) is 1. The molecule has 0 radical (unpaired) electrons. The number of benzene rings is 1. The van der Waals surface area contributed by atoms with Gasteiger partial charge in [0.2, 0.25) is 0 Å². The first-order chi connectivity index (χ1) is 11.1. The lowest BCUT2D eigenvalue weighted by atomic mass is 10.2. The summed E-state index contributed by atoms with van der Waals surface area (Å²) in [6.45, 7) is 1.77. The minimum absolute atomic E-state index is 0.170. The number of ether oxygens (including phenoxy) is 2. The van der Waals surface area contributed by atoms with Crippen molar-refractivity contribution >= 4 is 17.6 Å². The Hall–Kier alpha value is -2.89. The number of carbonyl (C=O) groups is 2. The van der Waals surface area contributed by atoms with Crippen molar-refractivity contribution in [1.82, 2.24) is 4.98 Å². The van der Waals surface area contributed by atoms with E-state index in [-0.39, 0.29) is 11.6 Å². The standard InChI is InChI=1S/C17H18N2O4/c1-3-15(23-17(21)14-6-4-5-11-18-14)16(20)19-12-7-9-13(22-2)10-8-12/h4-11,15H,3H2,1-2H3,(H,19,20). The van der Waals surface area contributed by atoms with E-state index < -0.39 is 12.1 Å². The lowest BCUT2D eigenvalue weighted by Gasteiger charge is -2.16. The first-order valence-electron chi connectivity index (χ1n) is 7.21. The summed E-state index contributed by atoms with van der Waals surface area (Å²) in [5.41, 5.74) is 0.770. The molecule has 0 aliphatic rings. The van der Waals surface area contributed by atoms with Gasteiger partial charge < -0.3 is 14.8 Å². The van der Waals surface area contributed by atoms with Crippen LogP contribution in [0, 0.1) is 0 Å². The number of rotatable bonds is 6. The summed E-state index contributed by atoms with van der Waals surface area (Å²) in [7, 11) is 1.57. The van der Waals surface area contributed by atoms with E-state index in [0.717, 1.165) is 0 Å². The molecule has 0 spiro atoms. The zero-order chi connectivity index (χ0) is 16.7. The predicted molar refractivity (Wildman–Crippen MR) is 85.4 cm³/mol. The third kappa shape index (κ3) is 4.54. The molecule has 1 heterocycles. The van der Waals surface area contributed by atoms with Crippen LogP contribution in [0.2, 0.25) is 0 Å². The molecule has 120 valence electrons. The van der Waals surface area contributed by atoms with E-state index in [1.807, 2.05) is 0 Å². The Morgan fingerprint density at radius 2 is 1.91 bits per heavy atom. The van der Waals surface area contributed by atoms with Crippen molar-refractivity contribution < 1.29 is 19.1 Å². The number of esters is 1. The van der Waals surface area contributed by atoms with E-state index in [0.29, 0.717) is 17.9 Å². The molecule has 23 heavy (non-hydrogen) atoms. The molecule has 1 amide bonds. The highest BCUT2D eigenvalue weighted by molar-refractivity contribution is 5.97. The fourth-order valence-corrected chi connectivity index (χ4v) is 1.89. The predicted octanol–water partition coefficient (Wildman–Crippen LogP) is 2.66. The zero-order valence-electron chi connectivity index (χ0n) is 13.0. The van der Waals surface area contributed by atoms with Crippen LogP contribution in [0.5, 0.6) is 5.75 Å². The average Bonchev–Trinajstić information content (AvgIpc) is 2.60. The van der Waals surface area contributed by atoms with Crippen LogP contribution in [-0.2, 0) is 9.53 Å². The minimum atomic E-state index is -0.883. The second kappa shape index (κ2) is 7.93. The SMILES string of the molecule is CCC(OC(=O)c1ccccn1)C(=O)Nc1ccc(OC)cc1. The molecule has 0 aliphatic heterocycles. The Balaban J connectivity index is 1.99. The quantitative estimate of drug-likeness (QED) is 0.829. The van der Waals surface area contributed by atoms with Crippen LogP contribution in [-0.4, -0.2) is 30.1 Å². The fraction of sp³-hybridized carbons (Fsp3) is 0.235. The molecule has 2 rings (SSSR count). The average molecular weight is 314 g/mol. The summed E-state index contributed by atoms with van der Waals surface area (Å²) >= 11 is 0. The zero-order valence-corrected chi connectivity index (χ0v) is 13.0. The van der Waals surface area contributed by atoms with Crippen molar-refractivity contribution in [1.29, 1.82) is 0 Å². The van der Waals surface area contributed by atoms with Gasteiger partial charge in [-0.3, -0.25) is 4.79 Å². The molecule has 6 nitrogen and oxygen atoms in total. The number of anilines is 1. The van der Waals surface area contributed by atoms with Crippen LogP contribution in [0.25, 0.3) is 0 Å². The van der Waals surface area contributed by atoms with E-state index in [4.69, 9.17) is 9.47 Å². The van der Waals surface area contributed by atoms with Crippen LogP contribution in [0.1, 0.15) is 23.8 Å². The van der Waals surface area contributed by atoms with Gasteiger partial charge >= 0.3 is 5.97 Å². The van der Waals surface area contributed by atoms with Crippen molar-refractivity contribution in [3.63, 3.8) is 0 Å². The summed E-state index contributed by atoms with van der Waals surface area (Å²) in [5.74, 6) is -0.319. The molecule has 2 aromatic rings. The van der Waals surface area contributed by atoms with Gasteiger partial charge in [0.1, 0.15) is 11.4 Å². The third-order valence-electron chi connectivity index (χ3n) is 3.14. The van der Waals surface area contributed by atoms with Gasteiger partial charge in [-0.2, -0.15) is 0 Å². The molecule has 1 atom stereocenters. The van der Waals surface area contributed by atoms with E-state index in [2.05, 4.69) is 10.3 Å². The number of carbonyl (C=O) groups excluding carboxylic acids is 2. The Morgan fingerprint density at radius 1 is 1.17 bits per heavy atom. The summed E-state index contributed by atoms with van der Waals surface area (Å²) < 4.78 is 10.3. The Labute approximate surface area is 134 Å². The van der Waals surface area contributed by atoms with Crippen molar-refractivity contribution in [2.45, 2.75) is 19.4 Å². The second-order valence-electron chi connectivity index (χ2n) is 4.73. The van der Waals surface area contributed by atoms with Crippen LogP contribution in [0.3, 0.4) is 0 Å². The van der Waals surface area contributed by atoms with E-state index >= 15 is 0 Å². The van der Waals surface area contributed by atoms with Gasteiger partial charge in [-0.25, -0.2) is 9.78 Å². The molecule has 1 N–H and O–H groups in total. The van der Waals surface area contributed by atoms with Gasteiger partial charge in [0, 0.05) is 11.9 Å². The fourth-order valence-electron chi connectivity index (χ4n) is 1.89. The normalized spacial score (nSPS) is 11.4. The highest BCUT2D eigenvalue weighted by Crippen LogP contribution is 2.16. The number of nitrogens with zero attached hydrogens (tertiary/aromatic N) is 1. The van der Waals surface area contributed by atoms with Crippen molar-refractivity contribution in [3.05, 3.63) is 54.4 Å². The summed E-state index contributed by atoms with van der Waals surface area (Å²) in [4.78, 5) is 28.1. The van der Waals surface area contributed by atoms with Gasteiger partial charge in [0.25, 0.3) is 5.91 Å². The van der Waals surface area contributed by atoms with Crippen LogP contribution < -0.4 is 10.1 Å². The van der Waals surface area contributed by atoms with Gasteiger partial charge in [0.15, 0.2) is 6.10 Å². The van der Waals surface area contributed by atoms with Gasteiger partial charge in [0.05, 0.1) is 7.11 Å². The van der Waals surface area contributed by atoms with Gasteiger partial charge in [-0.15, -0.1) is 0 Å². The smallest absolute Gasteiger partial charge is 0.357 e. The van der Waals surface area contributed by atoms with Gasteiger partial charge in [-0.1, -0.05) is 13.0 Å². The summed E-state index contributed by atoms with van der Waals surface area (Å²) in [6.07, 6.45) is 0.974. The molecule has 1 unspecified atom stereocenters. The number of methoxy groups -OCH3 is 1. The number of pyridine rings is 1. The number of hydrogen-bond acceptors (Lipinski definition) is 5. The largest absolute Gasteiger partial charge is 0.497 e. The molecule has 0 saturated heterocycles. The molecule has 6 heteroatoms. The minimum Gasteiger partial charge on any atom is -0.497 e. The molecular formula is C17H18N2O4. The lowest BCUT2D eigenvalue weighted by molar-refractivity contribution is -0.124. The number of amides is 1. The van der Waals surface area contributed by atoms with Crippen LogP contribution >= 0.6 is 0 Å². The Kier molecular flexibility index (Phi) is 5.68. The molecule has 0 bridgehead atoms. The third-order valence-corrected chi connectivity index (χ3v) is 3.14. The number of hydrogen-bond donors (Lipinski definition) is 1. The topological polar surface area (TPSA) is 77.5 Å². The molecule has 1 aromatic heterocycles. The molecule has 0 aliphatic carbocycles. The molecule has 0 saturated carbocycles. The first kappa shape index (κ1) is 16.5. The molecule has 1 aromatic carbocycles. The maximum Gasteiger partial charge on any atom is 0.357 e. The Bertz CT molecular complexity index is 656. The second-order valence-corrected chi connectivity index (χ2v) is 4.73. The Morgan fingerprint density at radius 3 is 2.48 bits per heavy atom. The molecule has 0 fully saturated rings. The lowest BCUT2D eigenvalue weighted by Crippen LogP contribution is -2.32. The van der Waals surface area contributed by atoms with Crippen molar-refractivity contribution in [3.8, 4) is 5.75 Å². The summed E-state index contributed by atoms with van der Waals surface area (Å²) in [5, 5.41) is 2.71. The maximum atomic E-state index is 12.2. The highest BCUT2D eigenvalue weighted by atomic mass is 16.5. The monoisotopic (exact) mass is 314 g/mol. The van der Waals surface area contributed by atoms with Gasteiger partial charge in [-0.05, 0) is 42.8 Å². The van der Waals surface area contributed by atoms with E-state index in [1.165, 1.54) is 12.3 Å². The first-order valence-corrected chi connectivity index (χ1v) is 7.21. The van der Waals surface area contributed by atoms with Crippen LogP contribution in [0.4, 0.5) is 5.69 Å². The molecular weight excluding hydrogens is 296 g/mol. The maximum absolute atomic E-state index is 12.2. The van der Waals surface area contributed by atoms with Crippen molar-refractivity contribution in [2.24, 2.45) is 0 Å². The number of aromatic nitrogens is 1. The van der Waals surface area contributed by atoms with E-state index in [9.17, 15) is 9.59 Å².